The van der Waals surface area contributed by atoms with Gasteiger partial charge in [-0.3, -0.25) is 0 Å². The Balaban J connectivity index is 2.01. The number of nitrogens with one attached hydrogen (secondary N) is 1. The Morgan fingerprint density at radius 3 is 2.72 bits per heavy atom. The highest BCUT2D eigenvalue weighted by Gasteiger charge is 2.20. The maximum Gasteiger partial charge on any atom is 0.0412 e. The van der Waals surface area contributed by atoms with Crippen molar-refractivity contribution in [3.8, 4) is 11.1 Å². The summed E-state index contributed by atoms with van der Waals surface area (Å²) >= 11 is 6.05. The molecular formula is C16H16ClN. The van der Waals surface area contributed by atoms with Gasteiger partial charge in [-0.2, -0.15) is 0 Å². The van der Waals surface area contributed by atoms with Crippen LogP contribution in [0.1, 0.15) is 23.6 Å². The molecule has 2 aromatic carbocycles. The molecule has 92 valence electrons. The highest BCUT2D eigenvalue weighted by molar-refractivity contribution is 6.30. The number of rotatable bonds is 2. The lowest BCUT2D eigenvalue weighted by molar-refractivity contribution is 0.590. The van der Waals surface area contributed by atoms with E-state index in [2.05, 4.69) is 29.6 Å². The Kier molecular flexibility index (Phi) is 3.11. The molecule has 0 heterocycles. The van der Waals surface area contributed by atoms with Crippen LogP contribution < -0.4 is 5.32 Å². The minimum atomic E-state index is 0.522. The van der Waals surface area contributed by atoms with E-state index in [0.717, 1.165) is 11.4 Å². The van der Waals surface area contributed by atoms with Crippen LogP contribution in [0.2, 0.25) is 5.02 Å². The van der Waals surface area contributed by atoms with Crippen LogP contribution in [0, 0.1) is 0 Å². The van der Waals surface area contributed by atoms with Crippen molar-refractivity contribution in [2.45, 2.75) is 18.9 Å². The molecule has 1 nitrogen and oxygen atoms in total. The first-order chi connectivity index (χ1) is 8.78. The maximum absolute atomic E-state index is 6.05. The second-order valence-corrected chi connectivity index (χ2v) is 5.24. The lowest BCUT2D eigenvalue weighted by Gasteiger charge is -2.11. The van der Waals surface area contributed by atoms with E-state index in [-0.39, 0.29) is 0 Å². The molecule has 1 aliphatic rings. The van der Waals surface area contributed by atoms with Crippen LogP contribution in [0.5, 0.6) is 0 Å². The van der Waals surface area contributed by atoms with Crippen molar-refractivity contribution in [2.24, 2.45) is 0 Å². The molecule has 1 unspecified atom stereocenters. The third-order valence-electron chi connectivity index (χ3n) is 3.73. The van der Waals surface area contributed by atoms with Gasteiger partial charge in [0.15, 0.2) is 0 Å². The van der Waals surface area contributed by atoms with E-state index in [9.17, 15) is 0 Å². The summed E-state index contributed by atoms with van der Waals surface area (Å²) in [7, 11) is 2.03. The minimum Gasteiger partial charge on any atom is -0.313 e. The molecule has 3 rings (SSSR count). The molecule has 0 saturated carbocycles. The summed E-state index contributed by atoms with van der Waals surface area (Å²) in [5.41, 5.74) is 5.36. The second kappa shape index (κ2) is 4.75. The zero-order valence-corrected chi connectivity index (χ0v) is 11.2. The predicted octanol–water partition coefficient (Wildman–Crippen LogP) is 4.21. The van der Waals surface area contributed by atoms with E-state index < -0.39 is 0 Å². The summed E-state index contributed by atoms with van der Waals surface area (Å²) in [6.07, 6.45) is 2.36. The Labute approximate surface area is 113 Å². The molecule has 2 aromatic rings. The average Bonchev–Trinajstić information content (AvgIpc) is 2.80. The van der Waals surface area contributed by atoms with Crippen LogP contribution in [0.15, 0.2) is 42.5 Å². The molecule has 0 amide bonds. The van der Waals surface area contributed by atoms with Gasteiger partial charge in [-0.25, -0.2) is 0 Å². The number of aryl methyl sites for hydroxylation is 1. The quantitative estimate of drug-likeness (QED) is 0.850. The molecule has 0 saturated heterocycles. The highest BCUT2D eigenvalue weighted by Crippen LogP contribution is 2.34. The summed E-state index contributed by atoms with van der Waals surface area (Å²) in [6.45, 7) is 0. The van der Waals surface area contributed by atoms with Gasteiger partial charge >= 0.3 is 0 Å². The van der Waals surface area contributed by atoms with Crippen LogP contribution in [0.3, 0.4) is 0 Å². The van der Waals surface area contributed by atoms with Gasteiger partial charge in [-0.05, 0) is 54.3 Å². The SMILES string of the molecule is CNC1CCc2cc(-c3cccc(Cl)c3)ccc21. The van der Waals surface area contributed by atoms with E-state index >= 15 is 0 Å². The third-order valence-corrected chi connectivity index (χ3v) is 3.96. The standard InChI is InChI=1S/C16H16ClN/c1-18-16-8-6-13-9-12(5-7-15(13)16)11-3-2-4-14(17)10-11/h2-5,7,9-10,16,18H,6,8H2,1H3. The second-order valence-electron chi connectivity index (χ2n) is 4.80. The van der Waals surface area contributed by atoms with Crippen LogP contribution in [0.4, 0.5) is 0 Å². The van der Waals surface area contributed by atoms with Crippen molar-refractivity contribution in [1.29, 1.82) is 0 Å². The molecule has 1 aliphatic carbocycles. The lowest BCUT2D eigenvalue weighted by atomic mass is 10.00. The van der Waals surface area contributed by atoms with Gasteiger partial charge in [0.25, 0.3) is 0 Å². The Hall–Kier alpha value is -1.31. The molecule has 1 atom stereocenters. The predicted molar refractivity (Wildman–Crippen MR) is 77.0 cm³/mol. The van der Waals surface area contributed by atoms with Gasteiger partial charge < -0.3 is 5.32 Å². The van der Waals surface area contributed by atoms with Crippen molar-refractivity contribution < 1.29 is 0 Å². The topological polar surface area (TPSA) is 12.0 Å². The normalized spacial score (nSPS) is 17.8. The Bertz CT molecular complexity index is 577. The Morgan fingerprint density at radius 1 is 1.11 bits per heavy atom. The first kappa shape index (κ1) is 11.8. The van der Waals surface area contributed by atoms with Gasteiger partial charge in [0.1, 0.15) is 0 Å². The first-order valence-corrected chi connectivity index (χ1v) is 6.72. The number of fused-ring (bicyclic) bond motifs is 1. The molecule has 0 fully saturated rings. The molecule has 0 radical (unpaired) electrons. The lowest BCUT2D eigenvalue weighted by Crippen LogP contribution is -2.12. The molecule has 2 heteroatoms. The first-order valence-electron chi connectivity index (χ1n) is 6.34. The smallest absolute Gasteiger partial charge is 0.0412 e. The van der Waals surface area contributed by atoms with Crippen LogP contribution in [-0.4, -0.2) is 7.05 Å². The van der Waals surface area contributed by atoms with E-state index in [1.807, 2.05) is 25.2 Å². The number of hydrogen-bond acceptors (Lipinski definition) is 1. The number of hydrogen-bond donors (Lipinski definition) is 1. The van der Waals surface area contributed by atoms with Crippen molar-refractivity contribution >= 4 is 11.6 Å². The minimum absolute atomic E-state index is 0.522. The fourth-order valence-corrected chi connectivity index (χ4v) is 2.96. The largest absolute Gasteiger partial charge is 0.313 e. The van der Waals surface area contributed by atoms with Crippen molar-refractivity contribution in [3.63, 3.8) is 0 Å². The molecular weight excluding hydrogens is 242 g/mol. The fraction of sp³-hybridized carbons (Fsp3) is 0.250. The van der Waals surface area contributed by atoms with Crippen molar-refractivity contribution in [1.82, 2.24) is 5.32 Å². The van der Waals surface area contributed by atoms with Gasteiger partial charge in [0.05, 0.1) is 0 Å². The third kappa shape index (κ3) is 2.05. The Morgan fingerprint density at radius 2 is 1.94 bits per heavy atom. The summed E-state index contributed by atoms with van der Waals surface area (Å²) in [4.78, 5) is 0. The van der Waals surface area contributed by atoms with Gasteiger partial charge in [0, 0.05) is 11.1 Å². The molecule has 0 aliphatic heterocycles. The van der Waals surface area contributed by atoms with Crippen LogP contribution >= 0.6 is 11.6 Å². The summed E-state index contributed by atoms with van der Waals surface area (Å²) in [5, 5.41) is 4.16. The van der Waals surface area contributed by atoms with Gasteiger partial charge in [-0.1, -0.05) is 41.9 Å². The summed E-state index contributed by atoms with van der Waals surface area (Å²) in [6, 6.07) is 15.3. The van der Waals surface area contributed by atoms with Crippen molar-refractivity contribution in [3.05, 3.63) is 58.6 Å². The maximum atomic E-state index is 6.05. The molecule has 1 N–H and O–H groups in total. The molecule has 18 heavy (non-hydrogen) atoms. The molecule has 0 aromatic heterocycles. The fourth-order valence-electron chi connectivity index (χ4n) is 2.76. The molecule has 0 spiro atoms. The summed E-state index contributed by atoms with van der Waals surface area (Å²) in [5.74, 6) is 0. The van der Waals surface area contributed by atoms with Crippen molar-refractivity contribution in [2.75, 3.05) is 7.05 Å². The van der Waals surface area contributed by atoms with Crippen LogP contribution in [0.25, 0.3) is 11.1 Å². The highest BCUT2D eigenvalue weighted by atomic mass is 35.5. The number of benzene rings is 2. The van der Waals surface area contributed by atoms with Gasteiger partial charge in [0.2, 0.25) is 0 Å². The monoisotopic (exact) mass is 257 g/mol. The van der Waals surface area contributed by atoms with E-state index in [0.29, 0.717) is 6.04 Å². The average molecular weight is 258 g/mol. The molecule has 0 bridgehead atoms. The summed E-state index contributed by atoms with van der Waals surface area (Å²) < 4.78 is 0. The van der Waals surface area contributed by atoms with Crippen LogP contribution in [-0.2, 0) is 6.42 Å². The zero-order chi connectivity index (χ0) is 12.5. The van der Waals surface area contributed by atoms with E-state index in [1.165, 1.54) is 28.7 Å². The van der Waals surface area contributed by atoms with E-state index in [1.54, 1.807) is 0 Å². The number of halogens is 1. The van der Waals surface area contributed by atoms with E-state index in [4.69, 9.17) is 11.6 Å². The van der Waals surface area contributed by atoms with Gasteiger partial charge in [-0.15, -0.1) is 0 Å². The zero-order valence-electron chi connectivity index (χ0n) is 10.4.